The van der Waals surface area contributed by atoms with E-state index in [4.69, 9.17) is 38.4 Å². The van der Waals surface area contributed by atoms with Crippen molar-refractivity contribution in [2.45, 2.75) is 6.54 Å². The van der Waals surface area contributed by atoms with Crippen molar-refractivity contribution in [2.75, 3.05) is 14.2 Å². The van der Waals surface area contributed by atoms with Crippen LogP contribution in [0.4, 0.5) is 0 Å². The number of aryl methyl sites for hydroxylation is 1. The molecule has 0 spiro atoms. The highest BCUT2D eigenvalue weighted by atomic mass is 35.5. The molecule has 3 aromatic rings. The van der Waals surface area contributed by atoms with E-state index in [1.165, 1.54) is 18.8 Å². The quantitative estimate of drug-likeness (QED) is 0.734. The molecule has 2 aromatic heterocycles. The summed E-state index contributed by atoms with van der Waals surface area (Å²) in [6.45, 7) is 0.288. The van der Waals surface area contributed by atoms with Crippen molar-refractivity contribution in [1.29, 1.82) is 0 Å². The van der Waals surface area contributed by atoms with Crippen LogP contribution in [0.2, 0.25) is 10.0 Å². The first kappa shape index (κ1) is 18.5. The lowest BCUT2D eigenvalue weighted by Crippen LogP contribution is -2.19. The summed E-state index contributed by atoms with van der Waals surface area (Å²) in [6, 6.07) is 5.07. The number of halogens is 2. The molecule has 8 heteroatoms. The van der Waals surface area contributed by atoms with Crippen LogP contribution in [0.25, 0.3) is 22.0 Å². The summed E-state index contributed by atoms with van der Waals surface area (Å²) in [4.78, 5) is 17.3. The average molecular weight is 394 g/mol. The van der Waals surface area contributed by atoms with Crippen molar-refractivity contribution in [3.63, 3.8) is 0 Å². The van der Waals surface area contributed by atoms with Gasteiger partial charge in [-0.25, -0.2) is 0 Å². The molecular weight excluding hydrogens is 377 g/mol. The van der Waals surface area contributed by atoms with Gasteiger partial charge in [-0.05, 0) is 12.1 Å². The maximum absolute atomic E-state index is 13.0. The topological polar surface area (TPSA) is 79.4 Å². The van der Waals surface area contributed by atoms with Gasteiger partial charge in [0.2, 0.25) is 0 Å². The fraction of sp³-hybridized carbons (Fsp3) is 0.222. The Kier molecular flexibility index (Phi) is 5.09. The molecule has 0 aliphatic carbocycles. The lowest BCUT2D eigenvalue weighted by atomic mass is 10.0. The number of ether oxygens (including phenoxy) is 2. The van der Waals surface area contributed by atoms with Gasteiger partial charge in [0.15, 0.2) is 0 Å². The second-order valence-electron chi connectivity index (χ2n) is 5.64. The van der Waals surface area contributed by atoms with Crippen molar-refractivity contribution >= 4 is 34.1 Å². The number of nitrogens with two attached hydrogens (primary N) is 1. The van der Waals surface area contributed by atoms with Gasteiger partial charge in [-0.15, -0.1) is 0 Å². The highest BCUT2D eigenvalue weighted by Crippen LogP contribution is 2.45. The maximum atomic E-state index is 13.0. The third-order valence-corrected chi connectivity index (χ3v) is 4.97. The van der Waals surface area contributed by atoms with Crippen LogP contribution >= 0.6 is 23.2 Å². The Morgan fingerprint density at radius 3 is 2.27 bits per heavy atom. The van der Waals surface area contributed by atoms with Gasteiger partial charge in [0.1, 0.15) is 11.5 Å². The fourth-order valence-corrected chi connectivity index (χ4v) is 3.52. The molecule has 6 nitrogen and oxygen atoms in total. The molecule has 0 aliphatic heterocycles. The number of pyridine rings is 2. The molecule has 3 rings (SSSR count). The summed E-state index contributed by atoms with van der Waals surface area (Å²) in [7, 11) is 4.64. The molecule has 2 N–H and O–H groups in total. The smallest absolute Gasteiger partial charge is 0.258 e. The van der Waals surface area contributed by atoms with Crippen molar-refractivity contribution in [2.24, 2.45) is 12.8 Å². The van der Waals surface area contributed by atoms with E-state index in [1.807, 2.05) is 0 Å². The number of methoxy groups -OCH3 is 2. The van der Waals surface area contributed by atoms with E-state index >= 15 is 0 Å². The summed E-state index contributed by atoms with van der Waals surface area (Å²) >= 11 is 12.9. The molecule has 0 radical (unpaired) electrons. The van der Waals surface area contributed by atoms with Gasteiger partial charge < -0.3 is 19.8 Å². The molecule has 0 bridgehead atoms. The molecule has 0 aliphatic rings. The first-order valence-electron chi connectivity index (χ1n) is 7.72. The van der Waals surface area contributed by atoms with E-state index in [-0.39, 0.29) is 22.1 Å². The first-order chi connectivity index (χ1) is 12.4. The normalized spacial score (nSPS) is 11.0. The largest absolute Gasteiger partial charge is 0.495 e. The van der Waals surface area contributed by atoms with E-state index in [9.17, 15) is 4.79 Å². The predicted octanol–water partition coefficient (Wildman–Crippen LogP) is 3.38. The molecule has 0 unspecified atom stereocenters. The summed E-state index contributed by atoms with van der Waals surface area (Å²) in [6.07, 6.45) is 1.67. The lowest BCUT2D eigenvalue weighted by molar-refractivity contribution is 0.395. The van der Waals surface area contributed by atoms with Gasteiger partial charge in [0.05, 0.1) is 41.0 Å². The Morgan fingerprint density at radius 2 is 1.73 bits per heavy atom. The molecule has 0 fully saturated rings. The van der Waals surface area contributed by atoms with E-state index in [1.54, 1.807) is 31.4 Å². The van der Waals surface area contributed by atoms with Crippen molar-refractivity contribution in [3.8, 4) is 22.6 Å². The maximum Gasteiger partial charge on any atom is 0.258 e. The Balaban J connectivity index is 2.40. The monoisotopic (exact) mass is 393 g/mol. The third-order valence-electron chi connectivity index (χ3n) is 4.22. The second-order valence-corrected chi connectivity index (χ2v) is 6.40. The van der Waals surface area contributed by atoms with Gasteiger partial charge in [-0.2, -0.15) is 0 Å². The molecule has 0 amide bonds. The number of rotatable bonds is 4. The van der Waals surface area contributed by atoms with E-state index in [0.29, 0.717) is 28.3 Å². The highest BCUT2D eigenvalue weighted by molar-refractivity contribution is 6.41. The van der Waals surface area contributed by atoms with Crippen LogP contribution in [0.3, 0.4) is 0 Å². The molecule has 1 aromatic carbocycles. The van der Waals surface area contributed by atoms with Crippen molar-refractivity contribution < 1.29 is 9.47 Å². The van der Waals surface area contributed by atoms with Crippen LogP contribution in [0.5, 0.6) is 11.5 Å². The Labute approximate surface area is 160 Å². The number of benzene rings is 1. The summed E-state index contributed by atoms with van der Waals surface area (Å²) in [5.74, 6) is 0.725. The van der Waals surface area contributed by atoms with Gasteiger partial charge in [-0.3, -0.25) is 9.78 Å². The van der Waals surface area contributed by atoms with Crippen LogP contribution in [-0.2, 0) is 13.6 Å². The minimum Gasteiger partial charge on any atom is -0.495 e. The predicted molar refractivity (Wildman–Crippen MR) is 103 cm³/mol. The highest BCUT2D eigenvalue weighted by Gasteiger charge is 2.22. The zero-order chi connectivity index (χ0) is 19.0. The summed E-state index contributed by atoms with van der Waals surface area (Å²) < 4.78 is 12.1. The zero-order valence-electron chi connectivity index (χ0n) is 14.5. The van der Waals surface area contributed by atoms with Gasteiger partial charge >= 0.3 is 0 Å². The van der Waals surface area contributed by atoms with Gasteiger partial charge in [0, 0.05) is 36.8 Å². The molecule has 0 saturated carbocycles. The summed E-state index contributed by atoms with van der Waals surface area (Å²) in [5.41, 5.74) is 7.48. The molecule has 0 atom stereocenters. The minimum absolute atomic E-state index is 0.237. The molecule has 26 heavy (non-hydrogen) atoms. The second kappa shape index (κ2) is 7.15. The van der Waals surface area contributed by atoms with E-state index < -0.39 is 0 Å². The van der Waals surface area contributed by atoms with Crippen LogP contribution in [0.15, 0.2) is 29.2 Å². The minimum atomic E-state index is -0.259. The number of hydrogen-bond acceptors (Lipinski definition) is 5. The SMILES string of the molecule is COc1cc(OC)c(Cl)c(-c2cc3cnc(CN)cc3n(C)c2=O)c1Cl. The Morgan fingerprint density at radius 1 is 1.12 bits per heavy atom. The number of aromatic nitrogens is 2. The number of fused-ring (bicyclic) bond motifs is 1. The van der Waals surface area contributed by atoms with Gasteiger partial charge in [0.25, 0.3) is 5.56 Å². The Bertz CT molecular complexity index is 1040. The third kappa shape index (κ3) is 2.90. The molecule has 136 valence electrons. The Hall–Kier alpha value is -2.28. The zero-order valence-corrected chi connectivity index (χ0v) is 16.0. The summed E-state index contributed by atoms with van der Waals surface area (Å²) in [5, 5.41) is 1.23. The van der Waals surface area contributed by atoms with E-state index in [2.05, 4.69) is 4.98 Å². The molecule has 0 saturated heterocycles. The van der Waals surface area contributed by atoms with Gasteiger partial charge in [-0.1, -0.05) is 23.2 Å². The van der Waals surface area contributed by atoms with Crippen LogP contribution in [0, 0.1) is 0 Å². The first-order valence-corrected chi connectivity index (χ1v) is 8.47. The standard InChI is InChI=1S/C18H17Cl2N3O3/c1-23-12-5-10(7-21)22-8-9(12)4-11(18(23)24)15-16(19)13(25-2)6-14(26-3)17(15)20/h4-6,8H,7,21H2,1-3H3. The number of nitrogens with zero attached hydrogens (tertiary/aromatic N) is 2. The lowest BCUT2D eigenvalue weighted by Gasteiger charge is -2.16. The number of hydrogen-bond donors (Lipinski definition) is 1. The van der Waals surface area contributed by atoms with Crippen LogP contribution in [0.1, 0.15) is 5.69 Å². The fourth-order valence-electron chi connectivity index (χ4n) is 2.82. The molecular formula is C18H17Cl2N3O3. The average Bonchev–Trinajstić information content (AvgIpc) is 2.65. The van der Waals surface area contributed by atoms with Crippen LogP contribution in [-0.4, -0.2) is 23.8 Å². The van der Waals surface area contributed by atoms with Crippen molar-refractivity contribution in [1.82, 2.24) is 9.55 Å². The molecule has 2 heterocycles. The van der Waals surface area contributed by atoms with Crippen molar-refractivity contribution in [3.05, 3.63) is 50.5 Å². The van der Waals surface area contributed by atoms with E-state index in [0.717, 1.165) is 10.9 Å². The van der Waals surface area contributed by atoms with Crippen LogP contribution < -0.4 is 20.8 Å².